The van der Waals surface area contributed by atoms with Crippen LogP contribution in [0.15, 0.2) is 58.3 Å². The number of aromatic hydroxyl groups is 1. The molecule has 0 aliphatic rings. The minimum atomic E-state index is -0.461. The van der Waals surface area contributed by atoms with E-state index < -0.39 is 5.91 Å². The molecule has 2 N–H and O–H groups in total. The van der Waals surface area contributed by atoms with Gasteiger partial charge in [-0.3, -0.25) is 9.48 Å². The summed E-state index contributed by atoms with van der Waals surface area (Å²) in [5, 5.41) is 17.6. The molecule has 3 aromatic rings. The number of aromatic nitrogens is 2. The summed E-state index contributed by atoms with van der Waals surface area (Å²) in [5.74, 6) is 0.718. The fraction of sp³-hybridized carbons (Fsp3) is 0.167. The highest BCUT2D eigenvalue weighted by molar-refractivity contribution is 5.92. The van der Waals surface area contributed by atoms with Crippen molar-refractivity contribution in [3.63, 3.8) is 0 Å². The van der Waals surface area contributed by atoms with Gasteiger partial charge in [-0.15, -0.1) is 0 Å². The molecular formula is C18H18N4O4. The van der Waals surface area contributed by atoms with E-state index in [1.165, 1.54) is 12.3 Å². The van der Waals surface area contributed by atoms with Crippen molar-refractivity contribution in [2.45, 2.75) is 13.5 Å². The highest BCUT2D eigenvalue weighted by atomic mass is 16.5. The lowest BCUT2D eigenvalue weighted by atomic mass is 10.2. The lowest BCUT2D eigenvalue weighted by molar-refractivity contribution is 0.0925. The van der Waals surface area contributed by atoms with E-state index in [1.807, 2.05) is 13.0 Å². The number of amides is 1. The van der Waals surface area contributed by atoms with Gasteiger partial charge >= 0.3 is 5.91 Å². The number of hydrogen-bond acceptors (Lipinski definition) is 6. The molecule has 8 nitrogen and oxygen atoms in total. The molecule has 0 aliphatic heterocycles. The van der Waals surface area contributed by atoms with Crippen LogP contribution in [0.5, 0.6) is 11.5 Å². The summed E-state index contributed by atoms with van der Waals surface area (Å²) in [5.41, 5.74) is 3.07. The van der Waals surface area contributed by atoms with Gasteiger partial charge < -0.3 is 14.3 Å². The van der Waals surface area contributed by atoms with Crippen molar-refractivity contribution in [3.8, 4) is 11.5 Å². The third kappa shape index (κ3) is 4.29. The summed E-state index contributed by atoms with van der Waals surface area (Å²) in [6, 6.07) is 9.89. The van der Waals surface area contributed by atoms with Crippen LogP contribution in [0.4, 0.5) is 0 Å². The van der Waals surface area contributed by atoms with E-state index in [4.69, 9.17) is 9.15 Å². The Hall–Kier alpha value is -3.55. The third-order valence-corrected chi connectivity index (χ3v) is 3.43. The Morgan fingerprint density at radius 3 is 3.08 bits per heavy atom. The van der Waals surface area contributed by atoms with Gasteiger partial charge in [0.1, 0.15) is 5.76 Å². The second kappa shape index (κ2) is 8.02. The van der Waals surface area contributed by atoms with Gasteiger partial charge in [-0.05, 0) is 48.9 Å². The van der Waals surface area contributed by atoms with Crippen LogP contribution in [0.25, 0.3) is 0 Å². The molecule has 26 heavy (non-hydrogen) atoms. The number of ether oxygens (including phenoxy) is 1. The molecule has 2 aromatic heterocycles. The van der Waals surface area contributed by atoms with Gasteiger partial charge in [0.2, 0.25) is 0 Å². The first-order chi connectivity index (χ1) is 12.7. The second-order valence-electron chi connectivity index (χ2n) is 5.33. The molecule has 134 valence electrons. The predicted molar refractivity (Wildman–Crippen MR) is 94.4 cm³/mol. The average molecular weight is 354 g/mol. The molecule has 1 aromatic carbocycles. The molecule has 1 amide bonds. The summed E-state index contributed by atoms with van der Waals surface area (Å²) < 4.78 is 12.5. The van der Waals surface area contributed by atoms with E-state index >= 15 is 0 Å². The number of rotatable bonds is 7. The van der Waals surface area contributed by atoms with Crippen molar-refractivity contribution < 1.29 is 19.1 Å². The summed E-state index contributed by atoms with van der Waals surface area (Å²) in [6.45, 7) is 2.70. The summed E-state index contributed by atoms with van der Waals surface area (Å²) in [6.07, 6.45) is 4.93. The van der Waals surface area contributed by atoms with Crippen molar-refractivity contribution in [1.29, 1.82) is 0 Å². The molecule has 8 heteroatoms. The minimum absolute atomic E-state index is 0.0494. The molecule has 0 atom stereocenters. The van der Waals surface area contributed by atoms with Gasteiger partial charge in [0.25, 0.3) is 0 Å². The molecule has 0 fully saturated rings. The lowest BCUT2D eigenvalue weighted by Gasteiger charge is -2.05. The Bertz CT molecular complexity index is 900. The number of carbonyl (C=O) groups excluding carboxylic acids is 1. The third-order valence-electron chi connectivity index (χ3n) is 3.43. The van der Waals surface area contributed by atoms with E-state index in [0.717, 1.165) is 0 Å². The largest absolute Gasteiger partial charge is 0.504 e. The first-order valence-electron chi connectivity index (χ1n) is 8.01. The summed E-state index contributed by atoms with van der Waals surface area (Å²) in [7, 11) is 0. The topological polar surface area (TPSA) is 102 Å². The molecule has 3 rings (SSSR count). The number of phenolic OH excluding ortho intramolecular Hbond substituents is 1. The van der Waals surface area contributed by atoms with Gasteiger partial charge in [-0.1, -0.05) is 0 Å². The molecule has 0 bridgehead atoms. The standard InChI is InChI=1S/C18H18N4O4/c1-2-25-17-10-13(4-6-15(17)23)11-19-21-18(24)16-7-5-14(26-16)12-22-9-3-8-20-22/h3-11,23H,2,12H2,1H3,(H,21,24)/b19-11+. The normalized spacial score (nSPS) is 11.0. The number of nitrogens with one attached hydrogen (secondary N) is 1. The van der Waals surface area contributed by atoms with Crippen LogP contribution in [-0.4, -0.2) is 33.6 Å². The molecule has 2 heterocycles. The maximum atomic E-state index is 12.1. The van der Waals surface area contributed by atoms with Crippen molar-refractivity contribution in [2.75, 3.05) is 6.61 Å². The summed E-state index contributed by atoms with van der Waals surface area (Å²) >= 11 is 0. The van der Waals surface area contributed by atoms with E-state index in [-0.39, 0.29) is 11.5 Å². The quantitative estimate of drug-likeness (QED) is 0.501. The van der Waals surface area contributed by atoms with Crippen LogP contribution in [0.2, 0.25) is 0 Å². The number of phenols is 1. The maximum absolute atomic E-state index is 12.1. The van der Waals surface area contributed by atoms with Crippen LogP contribution in [0.1, 0.15) is 28.8 Å². The smallest absolute Gasteiger partial charge is 0.307 e. The number of hydrogen-bond donors (Lipinski definition) is 2. The number of carbonyl (C=O) groups is 1. The molecular weight excluding hydrogens is 336 g/mol. The first kappa shape index (κ1) is 17.3. The second-order valence-corrected chi connectivity index (χ2v) is 5.33. The van der Waals surface area contributed by atoms with Gasteiger partial charge in [-0.2, -0.15) is 10.2 Å². The number of benzene rings is 1. The first-order valence-corrected chi connectivity index (χ1v) is 8.01. The van der Waals surface area contributed by atoms with Gasteiger partial charge in [0.15, 0.2) is 17.3 Å². The van der Waals surface area contributed by atoms with Crippen LogP contribution in [0.3, 0.4) is 0 Å². The number of furan rings is 1. The predicted octanol–water partition coefficient (Wildman–Crippen LogP) is 2.39. The highest BCUT2D eigenvalue weighted by Crippen LogP contribution is 2.26. The highest BCUT2D eigenvalue weighted by Gasteiger charge is 2.11. The van der Waals surface area contributed by atoms with Gasteiger partial charge in [0.05, 0.1) is 19.4 Å². The zero-order valence-corrected chi connectivity index (χ0v) is 14.1. The number of hydrazone groups is 1. The van der Waals surface area contributed by atoms with Crippen LogP contribution < -0.4 is 10.2 Å². The molecule has 0 saturated carbocycles. The van der Waals surface area contributed by atoms with Crippen LogP contribution >= 0.6 is 0 Å². The zero-order chi connectivity index (χ0) is 18.4. The van der Waals surface area contributed by atoms with E-state index in [0.29, 0.717) is 30.2 Å². The average Bonchev–Trinajstić information content (AvgIpc) is 3.30. The van der Waals surface area contributed by atoms with Gasteiger partial charge in [-0.25, -0.2) is 5.43 Å². The Kier molecular flexibility index (Phi) is 5.33. The van der Waals surface area contributed by atoms with Gasteiger partial charge in [0, 0.05) is 12.4 Å². The van der Waals surface area contributed by atoms with Crippen molar-refractivity contribution in [3.05, 3.63) is 65.9 Å². The van der Waals surface area contributed by atoms with Crippen molar-refractivity contribution in [1.82, 2.24) is 15.2 Å². The number of nitrogens with zero attached hydrogens (tertiary/aromatic N) is 3. The summed E-state index contributed by atoms with van der Waals surface area (Å²) in [4.78, 5) is 12.1. The van der Waals surface area contributed by atoms with Crippen molar-refractivity contribution in [2.24, 2.45) is 5.10 Å². The van der Waals surface area contributed by atoms with E-state index in [1.54, 1.807) is 41.3 Å². The Morgan fingerprint density at radius 1 is 1.42 bits per heavy atom. The fourth-order valence-corrected chi connectivity index (χ4v) is 2.24. The van der Waals surface area contributed by atoms with E-state index in [2.05, 4.69) is 15.6 Å². The van der Waals surface area contributed by atoms with Crippen molar-refractivity contribution >= 4 is 12.1 Å². The Balaban J connectivity index is 1.59. The Morgan fingerprint density at radius 2 is 2.31 bits per heavy atom. The van der Waals surface area contributed by atoms with Crippen LogP contribution in [-0.2, 0) is 6.54 Å². The molecule has 0 saturated heterocycles. The molecule has 0 unspecified atom stereocenters. The molecule has 0 radical (unpaired) electrons. The van der Waals surface area contributed by atoms with E-state index in [9.17, 15) is 9.90 Å². The molecule has 0 spiro atoms. The monoisotopic (exact) mass is 354 g/mol. The fourth-order valence-electron chi connectivity index (χ4n) is 2.24. The minimum Gasteiger partial charge on any atom is -0.504 e. The van der Waals surface area contributed by atoms with Crippen LogP contribution in [0, 0.1) is 0 Å². The SMILES string of the molecule is CCOc1cc(/C=N/NC(=O)c2ccc(Cn3cccn3)o2)ccc1O. The molecule has 0 aliphatic carbocycles. The Labute approximate surface area is 149 Å². The zero-order valence-electron chi connectivity index (χ0n) is 14.1. The lowest BCUT2D eigenvalue weighted by Crippen LogP contribution is -2.16. The maximum Gasteiger partial charge on any atom is 0.307 e.